The topological polar surface area (TPSA) is 38.1 Å². The van der Waals surface area contributed by atoms with Crippen molar-refractivity contribution in [1.82, 2.24) is 9.55 Å². The van der Waals surface area contributed by atoms with Gasteiger partial charge < -0.3 is 5.11 Å². The third-order valence-electron chi connectivity index (χ3n) is 9.51. The number of hydrogen-bond acceptors (Lipinski definition) is 2. The van der Waals surface area contributed by atoms with Crippen LogP contribution in [0.5, 0.6) is 5.75 Å². The van der Waals surface area contributed by atoms with Crippen LogP contribution in [0.15, 0.2) is 188 Å². The van der Waals surface area contributed by atoms with Crippen LogP contribution >= 0.6 is 0 Å². The lowest BCUT2D eigenvalue weighted by atomic mass is 9.85. The monoisotopic (exact) mass is 640 g/mol. The first-order valence-corrected chi connectivity index (χ1v) is 16.9. The van der Waals surface area contributed by atoms with Gasteiger partial charge in [0, 0.05) is 16.5 Å². The van der Waals surface area contributed by atoms with Crippen molar-refractivity contribution in [3.05, 3.63) is 210 Å². The van der Waals surface area contributed by atoms with E-state index in [1.54, 1.807) is 0 Å². The van der Waals surface area contributed by atoms with Crippen molar-refractivity contribution in [1.29, 1.82) is 0 Å². The van der Waals surface area contributed by atoms with Crippen LogP contribution < -0.4 is 0 Å². The molecule has 0 unspecified atom stereocenters. The van der Waals surface area contributed by atoms with E-state index in [1.807, 2.05) is 36.4 Å². The summed E-state index contributed by atoms with van der Waals surface area (Å²) in [5, 5.41) is 16.3. The van der Waals surface area contributed by atoms with Gasteiger partial charge in [-0.05, 0) is 68.4 Å². The predicted molar refractivity (Wildman–Crippen MR) is 208 cm³/mol. The standard InChI is InChI=1S/C47H32N2O/c50-42-30-29-35(44(34-21-9-3-10-22-34)43(32-17-5-1-6-18-32)33-19-7-2-8-20-33)31-41(42)47-48-45-39-27-15-13-25-37(39)38-26-14-16-28-40(38)46(45)49(47)36-23-11-4-12-24-36/h1-31,50H. The van der Waals surface area contributed by atoms with Crippen molar-refractivity contribution < 1.29 is 5.11 Å². The Balaban J connectivity index is 1.40. The van der Waals surface area contributed by atoms with Gasteiger partial charge in [0.25, 0.3) is 0 Å². The Labute approximate surface area is 290 Å². The van der Waals surface area contributed by atoms with Crippen LogP contribution in [0.25, 0.3) is 60.8 Å². The van der Waals surface area contributed by atoms with E-state index in [0.29, 0.717) is 11.4 Å². The molecule has 0 amide bonds. The number of imidazole rings is 1. The van der Waals surface area contributed by atoms with Gasteiger partial charge >= 0.3 is 0 Å². The van der Waals surface area contributed by atoms with Crippen molar-refractivity contribution in [3.8, 4) is 22.8 Å². The summed E-state index contributed by atoms with van der Waals surface area (Å²) in [5.74, 6) is 0.851. The van der Waals surface area contributed by atoms with Crippen LogP contribution in [0.3, 0.4) is 0 Å². The fraction of sp³-hybridized carbons (Fsp3) is 0. The molecule has 8 aromatic carbocycles. The maximum atomic E-state index is 11.8. The zero-order valence-electron chi connectivity index (χ0n) is 27.2. The molecule has 3 nitrogen and oxygen atoms in total. The van der Waals surface area contributed by atoms with Crippen LogP contribution in [0.1, 0.15) is 22.3 Å². The van der Waals surface area contributed by atoms with E-state index in [0.717, 1.165) is 66.3 Å². The normalized spacial score (nSPS) is 11.3. The van der Waals surface area contributed by atoms with Crippen LogP contribution in [-0.4, -0.2) is 14.7 Å². The molecule has 0 saturated heterocycles. The van der Waals surface area contributed by atoms with Crippen molar-refractivity contribution >= 4 is 43.7 Å². The molecule has 0 aliphatic rings. The lowest BCUT2D eigenvalue weighted by molar-refractivity contribution is 0.477. The third kappa shape index (κ3) is 4.96. The van der Waals surface area contributed by atoms with E-state index < -0.39 is 0 Å². The SMILES string of the molecule is Oc1ccc(C(=C(c2ccccc2)c2ccccc2)c2ccccc2)cc1-c1nc2c3ccccc3c3ccccc3c2n1-c1ccccc1. The number of hydrogen-bond donors (Lipinski definition) is 1. The van der Waals surface area contributed by atoms with Crippen molar-refractivity contribution in [2.45, 2.75) is 0 Å². The second kappa shape index (κ2) is 12.4. The van der Waals surface area contributed by atoms with Gasteiger partial charge in [-0.1, -0.05) is 164 Å². The minimum Gasteiger partial charge on any atom is -0.507 e. The molecule has 50 heavy (non-hydrogen) atoms. The summed E-state index contributed by atoms with van der Waals surface area (Å²) in [5.41, 5.74) is 10.0. The summed E-state index contributed by atoms with van der Waals surface area (Å²) in [6.07, 6.45) is 0. The number of aromatic nitrogens is 2. The van der Waals surface area contributed by atoms with Gasteiger partial charge in [-0.15, -0.1) is 0 Å². The quantitative estimate of drug-likeness (QED) is 0.145. The Hall–Kier alpha value is -6.71. The average Bonchev–Trinajstić information content (AvgIpc) is 3.60. The Morgan fingerprint density at radius 2 is 0.860 bits per heavy atom. The van der Waals surface area contributed by atoms with Gasteiger partial charge in [-0.3, -0.25) is 4.57 Å². The number of benzene rings is 8. The molecule has 0 radical (unpaired) electrons. The molecule has 1 N–H and O–H groups in total. The lowest BCUT2D eigenvalue weighted by Gasteiger charge is -2.19. The number of aromatic hydroxyl groups is 1. The van der Waals surface area contributed by atoms with Gasteiger partial charge in [0.05, 0.1) is 16.6 Å². The number of para-hydroxylation sites is 1. The number of fused-ring (bicyclic) bond motifs is 6. The molecule has 0 spiro atoms. The molecule has 0 saturated carbocycles. The Kier molecular flexibility index (Phi) is 7.29. The molecule has 1 heterocycles. The fourth-order valence-corrected chi connectivity index (χ4v) is 7.31. The Morgan fingerprint density at radius 1 is 0.420 bits per heavy atom. The lowest BCUT2D eigenvalue weighted by Crippen LogP contribution is -2.00. The first-order valence-electron chi connectivity index (χ1n) is 16.9. The van der Waals surface area contributed by atoms with Gasteiger partial charge in [0.1, 0.15) is 11.6 Å². The number of phenols is 1. The summed E-state index contributed by atoms with van der Waals surface area (Å²) in [6.45, 7) is 0. The number of rotatable bonds is 6. The highest BCUT2D eigenvalue weighted by atomic mass is 16.3. The second-order valence-corrected chi connectivity index (χ2v) is 12.5. The smallest absolute Gasteiger partial charge is 0.149 e. The molecule has 0 atom stereocenters. The summed E-state index contributed by atoms with van der Waals surface area (Å²) in [4.78, 5) is 5.42. The molecular weight excluding hydrogens is 609 g/mol. The largest absolute Gasteiger partial charge is 0.507 e. The van der Waals surface area contributed by atoms with E-state index in [4.69, 9.17) is 4.98 Å². The maximum absolute atomic E-state index is 11.8. The highest BCUT2D eigenvalue weighted by Crippen LogP contribution is 2.43. The molecule has 9 aromatic rings. The zero-order valence-corrected chi connectivity index (χ0v) is 27.2. The van der Waals surface area contributed by atoms with Crippen molar-refractivity contribution in [2.24, 2.45) is 0 Å². The number of phenolic OH excluding ortho intramolecular Hbond substituents is 1. The Bertz CT molecular complexity index is 2640. The van der Waals surface area contributed by atoms with Crippen molar-refractivity contribution in [3.63, 3.8) is 0 Å². The Morgan fingerprint density at radius 3 is 1.42 bits per heavy atom. The molecule has 3 heteroatoms. The molecule has 0 bridgehead atoms. The summed E-state index contributed by atoms with van der Waals surface area (Å²) in [6, 6.07) is 64.9. The van der Waals surface area contributed by atoms with E-state index in [1.165, 1.54) is 5.39 Å². The van der Waals surface area contributed by atoms with Gasteiger partial charge in [-0.25, -0.2) is 4.98 Å². The minimum absolute atomic E-state index is 0.170. The zero-order chi connectivity index (χ0) is 33.4. The van der Waals surface area contributed by atoms with Crippen molar-refractivity contribution in [2.75, 3.05) is 0 Å². The van der Waals surface area contributed by atoms with E-state index in [-0.39, 0.29) is 5.75 Å². The van der Waals surface area contributed by atoms with Crippen LogP contribution in [-0.2, 0) is 0 Å². The minimum atomic E-state index is 0.170. The van der Waals surface area contributed by atoms with Crippen LogP contribution in [0.4, 0.5) is 0 Å². The molecular formula is C47H32N2O. The van der Waals surface area contributed by atoms with Gasteiger partial charge in [0.2, 0.25) is 0 Å². The first-order chi connectivity index (χ1) is 24.8. The summed E-state index contributed by atoms with van der Waals surface area (Å²) in [7, 11) is 0. The summed E-state index contributed by atoms with van der Waals surface area (Å²) >= 11 is 0. The fourth-order valence-electron chi connectivity index (χ4n) is 7.31. The molecule has 1 aromatic heterocycles. The van der Waals surface area contributed by atoms with E-state index in [2.05, 4.69) is 156 Å². The number of nitrogens with zero attached hydrogens (tertiary/aromatic N) is 2. The molecule has 236 valence electrons. The van der Waals surface area contributed by atoms with Gasteiger partial charge in [-0.2, -0.15) is 0 Å². The van der Waals surface area contributed by atoms with E-state index >= 15 is 0 Å². The van der Waals surface area contributed by atoms with Crippen LogP contribution in [0.2, 0.25) is 0 Å². The van der Waals surface area contributed by atoms with Gasteiger partial charge in [0.15, 0.2) is 0 Å². The predicted octanol–water partition coefficient (Wildman–Crippen LogP) is 11.7. The highest BCUT2D eigenvalue weighted by molar-refractivity contribution is 6.24. The second-order valence-electron chi connectivity index (χ2n) is 12.5. The molecule has 0 aliphatic heterocycles. The molecule has 0 aliphatic carbocycles. The van der Waals surface area contributed by atoms with Crippen LogP contribution in [0, 0.1) is 0 Å². The molecule has 0 fully saturated rings. The molecule has 9 rings (SSSR count). The summed E-state index contributed by atoms with van der Waals surface area (Å²) < 4.78 is 2.21. The highest BCUT2D eigenvalue weighted by Gasteiger charge is 2.23. The maximum Gasteiger partial charge on any atom is 0.149 e. The van der Waals surface area contributed by atoms with E-state index in [9.17, 15) is 5.11 Å². The first kappa shape index (κ1) is 29.4. The third-order valence-corrected chi connectivity index (χ3v) is 9.51. The average molecular weight is 641 g/mol.